The first-order chi connectivity index (χ1) is 12.2. The third kappa shape index (κ3) is 4.64. The van der Waals surface area contributed by atoms with Crippen molar-refractivity contribution < 1.29 is 4.79 Å². The van der Waals surface area contributed by atoms with Crippen LogP contribution in [0.5, 0.6) is 0 Å². The molecule has 0 saturated carbocycles. The lowest BCUT2D eigenvalue weighted by atomic mass is 10.1. The molecule has 1 aromatic heterocycles. The van der Waals surface area contributed by atoms with Crippen molar-refractivity contribution in [1.29, 1.82) is 0 Å². The number of carbonyl (C=O) groups excluding carboxylic acids is 1. The first-order valence-corrected chi connectivity index (χ1v) is 8.18. The van der Waals surface area contributed by atoms with E-state index in [4.69, 9.17) is 0 Å². The summed E-state index contributed by atoms with van der Waals surface area (Å²) in [7, 11) is 0. The van der Waals surface area contributed by atoms with Gasteiger partial charge in [0.1, 0.15) is 0 Å². The molecule has 1 heterocycles. The zero-order chi connectivity index (χ0) is 17.5. The largest absolute Gasteiger partial charge is 0.350 e. The normalized spacial score (nSPS) is 11.6. The maximum atomic E-state index is 12.3. The van der Waals surface area contributed by atoms with Gasteiger partial charge in [0.2, 0.25) is 5.95 Å². The van der Waals surface area contributed by atoms with E-state index >= 15 is 0 Å². The van der Waals surface area contributed by atoms with Crippen molar-refractivity contribution in [3.8, 4) is 0 Å². The highest BCUT2D eigenvalue weighted by atomic mass is 16.1. The highest BCUT2D eigenvalue weighted by Gasteiger charge is 2.12. The van der Waals surface area contributed by atoms with Crippen LogP contribution in [0.25, 0.3) is 0 Å². The van der Waals surface area contributed by atoms with Crippen LogP contribution >= 0.6 is 0 Å². The van der Waals surface area contributed by atoms with Gasteiger partial charge >= 0.3 is 0 Å². The average Bonchev–Trinajstić information content (AvgIpc) is 2.68. The van der Waals surface area contributed by atoms with Crippen molar-refractivity contribution in [3.63, 3.8) is 0 Å². The third-order valence-electron chi connectivity index (χ3n) is 3.85. The van der Waals surface area contributed by atoms with Gasteiger partial charge in [0.15, 0.2) is 0 Å². The highest BCUT2D eigenvalue weighted by Crippen LogP contribution is 2.12. The molecule has 0 saturated heterocycles. The Bertz CT molecular complexity index is 804. The van der Waals surface area contributed by atoms with Crippen molar-refractivity contribution >= 4 is 11.9 Å². The quantitative estimate of drug-likeness (QED) is 0.724. The zero-order valence-corrected chi connectivity index (χ0v) is 14.0. The van der Waals surface area contributed by atoms with Crippen LogP contribution in [0.2, 0.25) is 0 Å². The van der Waals surface area contributed by atoms with Crippen LogP contribution in [0, 0.1) is 0 Å². The topological polar surface area (TPSA) is 66.9 Å². The van der Waals surface area contributed by atoms with Gasteiger partial charge in [-0.1, -0.05) is 60.7 Å². The second kappa shape index (κ2) is 8.06. The summed E-state index contributed by atoms with van der Waals surface area (Å²) in [6.07, 6.45) is 3.07. The van der Waals surface area contributed by atoms with Crippen molar-refractivity contribution in [2.75, 3.05) is 5.32 Å². The van der Waals surface area contributed by atoms with Crippen LogP contribution in [0.4, 0.5) is 5.95 Å². The molecule has 25 heavy (non-hydrogen) atoms. The van der Waals surface area contributed by atoms with Gasteiger partial charge in [-0.05, 0) is 18.1 Å². The molecule has 1 amide bonds. The SMILES string of the molecule is CC(NC(=O)c1cnc(NCc2ccccc2)nc1)c1ccccc1. The Morgan fingerprint density at radius 3 is 2.20 bits per heavy atom. The number of hydrogen-bond acceptors (Lipinski definition) is 4. The Morgan fingerprint density at radius 1 is 0.960 bits per heavy atom. The number of amides is 1. The molecule has 0 fully saturated rings. The summed E-state index contributed by atoms with van der Waals surface area (Å²) in [5.74, 6) is 0.308. The maximum Gasteiger partial charge on any atom is 0.254 e. The lowest BCUT2D eigenvalue weighted by Crippen LogP contribution is -2.26. The first kappa shape index (κ1) is 16.6. The zero-order valence-electron chi connectivity index (χ0n) is 14.0. The summed E-state index contributed by atoms with van der Waals surface area (Å²) >= 11 is 0. The molecule has 5 nitrogen and oxygen atoms in total. The first-order valence-electron chi connectivity index (χ1n) is 8.18. The van der Waals surface area contributed by atoms with E-state index in [9.17, 15) is 4.79 Å². The Morgan fingerprint density at radius 2 is 1.56 bits per heavy atom. The standard InChI is InChI=1S/C20H20N4O/c1-15(17-10-6-3-7-11-17)24-19(25)18-13-22-20(23-14-18)21-12-16-8-4-2-5-9-16/h2-11,13-15H,12H2,1H3,(H,24,25)(H,21,22,23). The van der Waals surface area contributed by atoms with E-state index in [0.717, 1.165) is 11.1 Å². The fourth-order valence-electron chi connectivity index (χ4n) is 2.42. The third-order valence-corrected chi connectivity index (χ3v) is 3.85. The van der Waals surface area contributed by atoms with Crippen molar-refractivity contribution in [2.45, 2.75) is 19.5 Å². The summed E-state index contributed by atoms with van der Waals surface area (Å²) in [6.45, 7) is 2.58. The number of aromatic nitrogens is 2. The monoisotopic (exact) mass is 332 g/mol. The van der Waals surface area contributed by atoms with E-state index < -0.39 is 0 Å². The number of carbonyl (C=O) groups is 1. The van der Waals surface area contributed by atoms with Crippen molar-refractivity contribution in [2.24, 2.45) is 0 Å². The van der Waals surface area contributed by atoms with Crippen LogP contribution in [-0.2, 0) is 6.54 Å². The summed E-state index contributed by atoms with van der Waals surface area (Å²) in [4.78, 5) is 20.7. The number of hydrogen-bond donors (Lipinski definition) is 2. The number of rotatable bonds is 6. The lowest BCUT2D eigenvalue weighted by molar-refractivity contribution is 0.0939. The van der Waals surface area contributed by atoms with Crippen LogP contribution in [0.1, 0.15) is 34.5 Å². The molecule has 0 bridgehead atoms. The lowest BCUT2D eigenvalue weighted by Gasteiger charge is -2.14. The van der Waals surface area contributed by atoms with Gasteiger partial charge in [-0.25, -0.2) is 9.97 Å². The highest BCUT2D eigenvalue weighted by molar-refractivity contribution is 5.93. The van der Waals surface area contributed by atoms with Gasteiger partial charge in [0.05, 0.1) is 11.6 Å². The Kier molecular flexibility index (Phi) is 5.36. The Labute approximate surface area is 147 Å². The molecule has 1 unspecified atom stereocenters. The van der Waals surface area contributed by atoms with Crippen LogP contribution in [0.3, 0.4) is 0 Å². The second-order valence-electron chi connectivity index (χ2n) is 5.74. The predicted octanol–water partition coefficient (Wildman–Crippen LogP) is 3.58. The van der Waals surface area contributed by atoms with Crippen molar-refractivity contribution in [3.05, 3.63) is 89.7 Å². The van der Waals surface area contributed by atoms with E-state index in [2.05, 4.69) is 20.6 Å². The van der Waals surface area contributed by atoms with E-state index in [1.807, 2.05) is 67.6 Å². The molecule has 0 spiro atoms. The molecule has 0 aliphatic rings. The summed E-state index contributed by atoms with van der Waals surface area (Å²) in [5.41, 5.74) is 2.63. The fourth-order valence-corrected chi connectivity index (χ4v) is 2.42. The fraction of sp³-hybridized carbons (Fsp3) is 0.150. The minimum absolute atomic E-state index is 0.0791. The molecular weight excluding hydrogens is 312 g/mol. The van der Waals surface area contributed by atoms with Gasteiger partial charge in [0.25, 0.3) is 5.91 Å². The predicted molar refractivity (Wildman–Crippen MR) is 98.1 cm³/mol. The van der Waals surface area contributed by atoms with Gasteiger partial charge in [-0.2, -0.15) is 0 Å². The van der Waals surface area contributed by atoms with E-state index in [1.54, 1.807) is 0 Å². The molecule has 2 aromatic carbocycles. The van der Waals surface area contributed by atoms with E-state index in [-0.39, 0.29) is 11.9 Å². The minimum Gasteiger partial charge on any atom is -0.350 e. The van der Waals surface area contributed by atoms with Crippen LogP contribution in [0.15, 0.2) is 73.1 Å². The smallest absolute Gasteiger partial charge is 0.254 e. The summed E-state index contributed by atoms with van der Waals surface area (Å²) < 4.78 is 0. The van der Waals surface area contributed by atoms with Crippen LogP contribution < -0.4 is 10.6 Å². The van der Waals surface area contributed by atoms with E-state index in [1.165, 1.54) is 12.4 Å². The van der Waals surface area contributed by atoms with Crippen LogP contribution in [-0.4, -0.2) is 15.9 Å². The molecular formula is C20H20N4O. The molecule has 0 aliphatic carbocycles. The summed E-state index contributed by atoms with van der Waals surface area (Å²) in [5, 5.41) is 6.09. The van der Waals surface area contributed by atoms with Gasteiger partial charge < -0.3 is 10.6 Å². The molecule has 3 aromatic rings. The number of anilines is 1. The summed E-state index contributed by atoms with van der Waals surface area (Å²) in [6, 6.07) is 19.7. The minimum atomic E-state index is -0.189. The molecule has 1 atom stereocenters. The number of benzene rings is 2. The second-order valence-corrected chi connectivity index (χ2v) is 5.74. The Hall–Kier alpha value is -3.21. The van der Waals surface area contributed by atoms with Crippen molar-refractivity contribution in [1.82, 2.24) is 15.3 Å². The average molecular weight is 332 g/mol. The molecule has 3 rings (SSSR count). The molecule has 2 N–H and O–H groups in total. The maximum absolute atomic E-state index is 12.3. The Balaban J connectivity index is 1.57. The van der Waals surface area contributed by atoms with Gasteiger partial charge in [-0.15, -0.1) is 0 Å². The molecule has 0 radical (unpaired) electrons. The van der Waals surface area contributed by atoms with Gasteiger partial charge in [-0.3, -0.25) is 4.79 Å². The number of nitrogens with one attached hydrogen (secondary N) is 2. The molecule has 0 aliphatic heterocycles. The molecule has 5 heteroatoms. The van der Waals surface area contributed by atoms with E-state index in [0.29, 0.717) is 18.1 Å². The molecule has 126 valence electrons. The van der Waals surface area contributed by atoms with Gasteiger partial charge in [0, 0.05) is 18.9 Å². The number of nitrogens with zero attached hydrogens (tertiary/aromatic N) is 2.